The third-order valence-electron chi connectivity index (χ3n) is 4.93. The topological polar surface area (TPSA) is 126 Å². The van der Waals surface area contributed by atoms with Gasteiger partial charge in [0.15, 0.2) is 11.2 Å². The summed E-state index contributed by atoms with van der Waals surface area (Å²) in [5, 5.41) is 12.5. The van der Waals surface area contributed by atoms with Crippen LogP contribution in [0, 0.1) is 0 Å². The molecule has 162 valence electrons. The minimum atomic E-state index is -0.443. The smallest absolute Gasteiger partial charge is 0.330 e. The maximum Gasteiger partial charge on any atom is 0.330 e. The fourth-order valence-corrected chi connectivity index (χ4v) is 4.10. The van der Waals surface area contributed by atoms with Crippen molar-refractivity contribution in [2.45, 2.75) is 37.2 Å². The summed E-state index contributed by atoms with van der Waals surface area (Å²) < 4.78 is 10.0. The second kappa shape index (κ2) is 8.76. The number of hydrogen-bond acceptors (Lipinski definition) is 8. The van der Waals surface area contributed by atoms with Gasteiger partial charge in [-0.25, -0.2) is 9.78 Å². The van der Waals surface area contributed by atoms with Crippen molar-refractivity contribution in [1.82, 2.24) is 39.3 Å². The molecule has 11 nitrogen and oxygen atoms in total. The van der Waals surface area contributed by atoms with Crippen LogP contribution in [0.2, 0.25) is 0 Å². The third-order valence-corrected chi connectivity index (χ3v) is 5.84. The molecule has 0 radical (unpaired) electrons. The lowest BCUT2D eigenvalue weighted by molar-refractivity contribution is 0.414. The van der Waals surface area contributed by atoms with Gasteiger partial charge in [0.05, 0.1) is 18.6 Å². The van der Waals surface area contributed by atoms with Gasteiger partial charge < -0.3 is 9.30 Å². The number of aromatic nitrogens is 8. The minimum Gasteiger partial charge on any atom is -0.497 e. The first-order valence-corrected chi connectivity index (χ1v) is 10.8. The number of ether oxygens (including phenoxy) is 1. The maximum atomic E-state index is 12.4. The molecule has 3 aromatic heterocycles. The summed E-state index contributed by atoms with van der Waals surface area (Å²) in [6, 6.07) is 7.39. The van der Waals surface area contributed by atoms with Crippen LogP contribution < -0.4 is 16.0 Å². The molecule has 0 unspecified atom stereocenters. The number of imidazole rings is 1. The molecule has 3 heterocycles. The number of nitrogens with zero attached hydrogens (tertiary/aromatic N) is 7. The van der Waals surface area contributed by atoms with E-state index >= 15 is 0 Å². The van der Waals surface area contributed by atoms with Crippen molar-refractivity contribution < 1.29 is 4.74 Å². The number of nitrogens with one attached hydrogen (secondary N) is 1. The maximum absolute atomic E-state index is 12.4. The molecular weight excluding hydrogens is 420 g/mol. The molecule has 1 N–H and O–H groups in total. The molecule has 12 heteroatoms. The number of hydrogen-bond donors (Lipinski definition) is 1. The molecule has 0 saturated carbocycles. The zero-order valence-electron chi connectivity index (χ0n) is 17.4. The summed E-state index contributed by atoms with van der Waals surface area (Å²) in [6.45, 7) is 2.54. The Bertz CT molecular complexity index is 1320. The van der Waals surface area contributed by atoms with Crippen molar-refractivity contribution in [2.75, 3.05) is 7.11 Å². The molecule has 0 fully saturated rings. The first kappa shape index (κ1) is 20.8. The molecule has 4 rings (SSSR count). The molecule has 0 aliphatic carbocycles. The number of benzene rings is 1. The van der Waals surface area contributed by atoms with Crippen LogP contribution in [-0.2, 0) is 19.3 Å². The lowest BCUT2D eigenvalue weighted by atomic mass is 10.3. The van der Waals surface area contributed by atoms with Gasteiger partial charge in [-0.1, -0.05) is 25.1 Å². The SMILES string of the molecule is CCCCn1c(=O)[nH]c(=O)c2c1nc(CSc1nnnn1-c1ccc(OC)cc1)n2C. The number of fused-ring (bicyclic) bond motifs is 1. The van der Waals surface area contributed by atoms with Crippen LogP contribution in [0.25, 0.3) is 16.9 Å². The number of aromatic amines is 1. The van der Waals surface area contributed by atoms with Crippen molar-refractivity contribution in [2.24, 2.45) is 7.05 Å². The molecule has 0 spiro atoms. The summed E-state index contributed by atoms with van der Waals surface area (Å²) in [6.07, 6.45) is 1.75. The molecule has 0 atom stereocenters. The van der Waals surface area contributed by atoms with Gasteiger partial charge in [-0.2, -0.15) is 4.68 Å². The van der Waals surface area contributed by atoms with Crippen molar-refractivity contribution in [3.05, 3.63) is 50.9 Å². The number of unbranched alkanes of at least 4 members (excludes halogenated alkanes) is 1. The molecule has 4 aromatic rings. The summed E-state index contributed by atoms with van der Waals surface area (Å²) >= 11 is 1.39. The quantitative estimate of drug-likeness (QED) is 0.407. The average molecular weight is 443 g/mol. The summed E-state index contributed by atoms with van der Waals surface area (Å²) in [7, 11) is 3.37. The molecule has 0 bridgehead atoms. The zero-order chi connectivity index (χ0) is 22.0. The Balaban J connectivity index is 1.64. The Morgan fingerprint density at radius 1 is 1.19 bits per heavy atom. The first-order chi connectivity index (χ1) is 15.0. The standard InChI is InChI=1S/C19H22N8O3S/c1-4-5-10-26-16-15(17(28)21-18(26)29)25(2)14(20-16)11-31-19-22-23-24-27(19)12-6-8-13(30-3)9-7-12/h6-9H,4-5,10-11H2,1-3H3,(H,21,28,29). The summed E-state index contributed by atoms with van der Waals surface area (Å²) in [4.78, 5) is 31.7. The van der Waals surface area contributed by atoms with Crippen LogP contribution in [0.4, 0.5) is 0 Å². The number of rotatable bonds is 8. The highest BCUT2D eigenvalue weighted by molar-refractivity contribution is 7.98. The van der Waals surface area contributed by atoms with Gasteiger partial charge in [-0.15, -0.1) is 5.10 Å². The third kappa shape index (κ3) is 3.98. The Hall–Kier alpha value is -3.41. The van der Waals surface area contributed by atoms with E-state index in [-0.39, 0.29) is 0 Å². The van der Waals surface area contributed by atoms with Gasteiger partial charge in [0.1, 0.15) is 11.6 Å². The molecule has 0 aliphatic heterocycles. The van der Waals surface area contributed by atoms with Gasteiger partial charge in [0.25, 0.3) is 5.56 Å². The Kier molecular flexibility index (Phi) is 5.89. The fourth-order valence-electron chi connectivity index (χ4n) is 3.23. The lowest BCUT2D eigenvalue weighted by Crippen LogP contribution is -2.31. The molecule has 31 heavy (non-hydrogen) atoms. The van der Waals surface area contributed by atoms with Gasteiger partial charge in [0, 0.05) is 13.6 Å². The van der Waals surface area contributed by atoms with E-state index in [4.69, 9.17) is 4.74 Å². The van der Waals surface area contributed by atoms with Crippen LogP contribution in [0.15, 0.2) is 39.0 Å². The monoisotopic (exact) mass is 442 g/mol. The van der Waals surface area contributed by atoms with Gasteiger partial charge in [-0.3, -0.25) is 14.3 Å². The minimum absolute atomic E-state index is 0.376. The second-order valence-corrected chi connectivity index (χ2v) is 7.83. The number of H-pyrrole nitrogens is 1. The second-order valence-electron chi connectivity index (χ2n) is 6.88. The van der Waals surface area contributed by atoms with E-state index in [2.05, 4.69) is 25.5 Å². The van der Waals surface area contributed by atoms with Crippen LogP contribution in [0.5, 0.6) is 5.75 Å². The van der Waals surface area contributed by atoms with Crippen molar-refractivity contribution in [3.63, 3.8) is 0 Å². The van der Waals surface area contributed by atoms with Crippen LogP contribution >= 0.6 is 11.8 Å². The highest BCUT2D eigenvalue weighted by Gasteiger charge is 2.18. The number of methoxy groups -OCH3 is 1. The summed E-state index contributed by atoms with van der Waals surface area (Å²) in [5.41, 5.74) is 0.688. The first-order valence-electron chi connectivity index (χ1n) is 9.77. The molecule has 0 amide bonds. The Morgan fingerprint density at radius 2 is 1.97 bits per heavy atom. The van der Waals surface area contributed by atoms with E-state index in [1.54, 1.807) is 23.4 Å². The van der Waals surface area contributed by atoms with Crippen LogP contribution in [-0.4, -0.2) is 46.4 Å². The van der Waals surface area contributed by atoms with E-state index in [1.165, 1.54) is 16.3 Å². The van der Waals surface area contributed by atoms with Crippen molar-refractivity contribution >= 4 is 22.9 Å². The average Bonchev–Trinajstić information content (AvgIpc) is 3.37. The van der Waals surface area contributed by atoms with E-state index in [0.29, 0.717) is 34.4 Å². The van der Waals surface area contributed by atoms with E-state index in [9.17, 15) is 9.59 Å². The zero-order valence-corrected chi connectivity index (χ0v) is 18.2. The normalized spacial score (nSPS) is 11.3. The van der Waals surface area contributed by atoms with E-state index in [1.807, 2.05) is 31.2 Å². The molecule has 0 saturated heterocycles. The van der Waals surface area contributed by atoms with Crippen LogP contribution in [0.1, 0.15) is 25.6 Å². The van der Waals surface area contributed by atoms with Crippen molar-refractivity contribution in [1.29, 1.82) is 0 Å². The van der Waals surface area contributed by atoms with Crippen molar-refractivity contribution in [3.8, 4) is 11.4 Å². The van der Waals surface area contributed by atoms with E-state index in [0.717, 1.165) is 24.3 Å². The van der Waals surface area contributed by atoms with Gasteiger partial charge in [0.2, 0.25) is 5.16 Å². The molecule has 1 aromatic carbocycles. The van der Waals surface area contributed by atoms with Crippen LogP contribution in [0.3, 0.4) is 0 Å². The van der Waals surface area contributed by atoms with Gasteiger partial charge in [-0.05, 0) is 41.1 Å². The largest absolute Gasteiger partial charge is 0.497 e. The lowest BCUT2D eigenvalue weighted by Gasteiger charge is -2.05. The predicted molar refractivity (Wildman–Crippen MR) is 116 cm³/mol. The van der Waals surface area contributed by atoms with Gasteiger partial charge >= 0.3 is 5.69 Å². The number of thioether (sulfide) groups is 1. The fraction of sp³-hybridized carbons (Fsp3) is 0.368. The van der Waals surface area contributed by atoms with E-state index < -0.39 is 11.2 Å². The highest BCUT2D eigenvalue weighted by atomic mass is 32.2. The summed E-state index contributed by atoms with van der Waals surface area (Å²) in [5.74, 6) is 1.80. The Morgan fingerprint density at radius 3 is 2.68 bits per heavy atom. The predicted octanol–water partition coefficient (Wildman–Crippen LogP) is 1.50. The number of tetrazole rings is 1. The molecule has 0 aliphatic rings. The highest BCUT2D eigenvalue weighted by Crippen LogP contribution is 2.24. The Labute approximate surface area is 181 Å². The molecular formula is C19H22N8O3S. The number of aryl methyl sites for hydroxylation is 2.